The van der Waals surface area contributed by atoms with E-state index in [2.05, 4.69) is 28.8 Å². The molecule has 2 rings (SSSR count). The van der Waals surface area contributed by atoms with Crippen molar-refractivity contribution in [3.8, 4) is 0 Å². The summed E-state index contributed by atoms with van der Waals surface area (Å²) in [6, 6.07) is 0.357. The van der Waals surface area contributed by atoms with Gasteiger partial charge in [-0.1, -0.05) is 0 Å². The number of anilines is 1. The predicted molar refractivity (Wildman–Crippen MR) is 53.4 cm³/mol. The van der Waals surface area contributed by atoms with E-state index in [0.29, 0.717) is 6.04 Å². The van der Waals surface area contributed by atoms with Crippen molar-refractivity contribution >= 4 is 5.95 Å². The molecule has 0 spiro atoms. The molecule has 0 aromatic carbocycles. The minimum Gasteiger partial charge on any atom is -0.378 e. The van der Waals surface area contributed by atoms with Gasteiger partial charge in [0, 0.05) is 13.1 Å². The molecule has 1 aliphatic rings. The molecule has 0 bridgehead atoms. The lowest BCUT2D eigenvalue weighted by atomic mass is 10.4. The van der Waals surface area contributed by atoms with Gasteiger partial charge in [-0.3, -0.25) is 0 Å². The minimum atomic E-state index is 0.357. The first-order chi connectivity index (χ1) is 6.79. The zero-order valence-electron chi connectivity index (χ0n) is 8.68. The second-order valence-electron chi connectivity index (χ2n) is 3.70. The van der Waals surface area contributed by atoms with Crippen molar-refractivity contribution in [2.24, 2.45) is 0 Å². The van der Waals surface area contributed by atoms with Gasteiger partial charge >= 0.3 is 0 Å². The highest BCUT2D eigenvalue weighted by Gasteiger charge is 2.17. The highest BCUT2D eigenvalue weighted by Crippen LogP contribution is 2.15. The molecular formula is C9H16N4O. The van der Waals surface area contributed by atoms with Crippen molar-refractivity contribution in [1.29, 1.82) is 0 Å². The van der Waals surface area contributed by atoms with Gasteiger partial charge in [-0.05, 0) is 13.8 Å². The number of morpholine rings is 1. The van der Waals surface area contributed by atoms with Crippen LogP contribution in [0.2, 0.25) is 0 Å². The molecule has 5 heteroatoms. The van der Waals surface area contributed by atoms with E-state index in [1.165, 1.54) is 0 Å². The third-order valence-electron chi connectivity index (χ3n) is 2.34. The van der Waals surface area contributed by atoms with E-state index in [0.717, 1.165) is 32.3 Å². The molecule has 1 saturated heterocycles. The van der Waals surface area contributed by atoms with Crippen LogP contribution in [0.15, 0.2) is 6.33 Å². The quantitative estimate of drug-likeness (QED) is 0.698. The van der Waals surface area contributed by atoms with Crippen LogP contribution in [0.5, 0.6) is 0 Å². The second-order valence-corrected chi connectivity index (χ2v) is 3.70. The van der Waals surface area contributed by atoms with Gasteiger partial charge in [0.2, 0.25) is 5.95 Å². The molecule has 0 saturated carbocycles. The van der Waals surface area contributed by atoms with Crippen molar-refractivity contribution in [1.82, 2.24) is 14.8 Å². The van der Waals surface area contributed by atoms with Crippen LogP contribution in [0.4, 0.5) is 5.95 Å². The van der Waals surface area contributed by atoms with E-state index in [1.54, 1.807) is 6.33 Å². The summed E-state index contributed by atoms with van der Waals surface area (Å²) in [6.07, 6.45) is 1.62. The van der Waals surface area contributed by atoms with Crippen molar-refractivity contribution in [2.75, 3.05) is 31.2 Å². The van der Waals surface area contributed by atoms with E-state index < -0.39 is 0 Å². The zero-order valence-corrected chi connectivity index (χ0v) is 8.68. The number of hydrogen-bond donors (Lipinski definition) is 0. The van der Waals surface area contributed by atoms with Crippen molar-refractivity contribution in [2.45, 2.75) is 19.9 Å². The molecule has 0 amide bonds. The topological polar surface area (TPSA) is 43.2 Å². The Bertz CT molecular complexity index is 291. The third kappa shape index (κ3) is 1.72. The van der Waals surface area contributed by atoms with Gasteiger partial charge in [-0.25, -0.2) is 4.68 Å². The first kappa shape index (κ1) is 9.45. The number of rotatable bonds is 2. The highest BCUT2D eigenvalue weighted by molar-refractivity contribution is 5.29. The molecule has 2 heterocycles. The molecule has 1 aromatic rings. The fourth-order valence-corrected chi connectivity index (χ4v) is 1.60. The average Bonchev–Trinajstić information content (AvgIpc) is 2.67. The smallest absolute Gasteiger partial charge is 0.224 e. The van der Waals surface area contributed by atoms with Crippen molar-refractivity contribution in [3.63, 3.8) is 0 Å². The summed E-state index contributed by atoms with van der Waals surface area (Å²) in [7, 11) is 0. The van der Waals surface area contributed by atoms with E-state index in [-0.39, 0.29) is 0 Å². The maximum atomic E-state index is 5.30. The SMILES string of the molecule is CC(C)n1ncnc1N1CCOCC1. The molecule has 14 heavy (non-hydrogen) atoms. The zero-order chi connectivity index (χ0) is 9.97. The summed E-state index contributed by atoms with van der Waals surface area (Å²) in [6.45, 7) is 7.60. The van der Waals surface area contributed by atoms with Gasteiger partial charge in [0.1, 0.15) is 6.33 Å². The van der Waals surface area contributed by atoms with Crippen LogP contribution in [0.1, 0.15) is 19.9 Å². The molecule has 78 valence electrons. The van der Waals surface area contributed by atoms with Gasteiger partial charge in [-0.15, -0.1) is 0 Å². The molecule has 5 nitrogen and oxygen atoms in total. The molecule has 0 atom stereocenters. The van der Waals surface area contributed by atoms with Crippen LogP contribution < -0.4 is 4.90 Å². The standard InChI is InChI=1S/C9H16N4O/c1-8(2)13-9(10-7-11-13)12-3-5-14-6-4-12/h7-8H,3-6H2,1-2H3. The number of ether oxygens (including phenoxy) is 1. The third-order valence-corrected chi connectivity index (χ3v) is 2.34. The Kier molecular flexibility index (Phi) is 2.67. The van der Waals surface area contributed by atoms with Crippen LogP contribution in [-0.4, -0.2) is 41.1 Å². The predicted octanol–water partition coefficient (Wildman–Crippen LogP) is 0.696. The van der Waals surface area contributed by atoms with E-state index in [1.807, 2.05) is 4.68 Å². The maximum absolute atomic E-state index is 5.30. The average molecular weight is 196 g/mol. The van der Waals surface area contributed by atoms with Crippen LogP contribution >= 0.6 is 0 Å². The Morgan fingerprint density at radius 2 is 2.07 bits per heavy atom. The highest BCUT2D eigenvalue weighted by atomic mass is 16.5. The molecule has 0 unspecified atom stereocenters. The molecule has 1 fully saturated rings. The van der Waals surface area contributed by atoms with Crippen LogP contribution in [0, 0.1) is 0 Å². The summed E-state index contributed by atoms with van der Waals surface area (Å²) in [5, 5.41) is 4.21. The number of hydrogen-bond acceptors (Lipinski definition) is 4. The molecule has 1 aliphatic heterocycles. The molecular weight excluding hydrogens is 180 g/mol. The van der Waals surface area contributed by atoms with E-state index >= 15 is 0 Å². The van der Waals surface area contributed by atoms with Crippen LogP contribution in [-0.2, 0) is 4.74 Å². The van der Waals surface area contributed by atoms with Crippen LogP contribution in [0.25, 0.3) is 0 Å². The normalized spacial score (nSPS) is 17.8. The summed E-state index contributed by atoms with van der Waals surface area (Å²) >= 11 is 0. The van der Waals surface area contributed by atoms with Gasteiger partial charge in [0.15, 0.2) is 0 Å². The monoisotopic (exact) mass is 196 g/mol. The minimum absolute atomic E-state index is 0.357. The summed E-state index contributed by atoms with van der Waals surface area (Å²) < 4.78 is 7.25. The molecule has 0 N–H and O–H groups in total. The first-order valence-corrected chi connectivity index (χ1v) is 5.01. The number of aromatic nitrogens is 3. The Hall–Kier alpha value is -1.10. The Morgan fingerprint density at radius 3 is 2.71 bits per heavy atom. The van der Waals surface area contributed by atoms with E-state index in [9.17, 15) is 0 Å². The summed E-state index contributed by atoms with van der Waals surface area (Å²) in [4.78, 5) is 6.50. The summed E-state index contributed by atoms with van der Waals surface area (Å²) in [5.41, 5.74) is 0. The van der Waals surface area contributed by atoms with Crippen molar-refractivity contribution < 1.29 is 4.74 Å². The summed E-state index contributed by atoms with van der Waals surface area (Å²) in [5.74, 6) is 0.961. The Labute approximate surface area is 83.7 Å². The lowest BCUT2D eigenvalue weighted by Crippen LogP contribution is -2.38. The molecule has 0 aliphatic carbocycles. The van der Waals surface area contributed by atoms with E-state index in [4.69, 9.17) is 4.74 Å². The second kappa shape index (κ2) is 3.96. The Morgan fingerprint density at radius 1 is 1.36 bits per heavy atom. The molecule has 0 radical (unpaired) electrons. The lowest BCUT2D eigenvalue weighted by molar-refractivity contribution is 0.121. The van der Waals surface area contributed by atoms with Crippen LogP contribution in [0.3, 0.4) is 0 Å². The van der Waals surface area contributed by atoms with Gasteiger partial charge in [0.05, 0.1) is 19.3 Å². The fraction of sp³-hybridized carbons (Fsp3) is 0.778. The lowest BCUT2D eigenvalue weighted by Gasteiger charge is -2.28. The number of nitrogens with zero attached hydrogens (tertiary/aromatic N) is 4. The van der Waals surface area contributed by atoms with Gasteiger partial charge < -0.3 is 9.64 Å². The largest absolute Gasteiger partial charge is 0.378 e. The first-order valence-electron chi connectivity index (χ1n) is 5.01. The fourth-order valence-electron chi connectivity index (χ4n) is 1.60. The molecule has 1 aromatic heterocycles. The Balaban J connectivity index is 2.17. The van der Waals surface area contributed by atoms with Gasteiger partial charge in [-0.2, -0.15) is 10.1 Å². The van der Waals surface area contributed by atoms with Gasteiger partial charge in [0.25, 0.3) is 0 Å². The maximum Gasteiger partial charge on any atom is 0.224 e. The van der Waals surface area contributed by atoms with Crippen molar-refractivity contribution in [3.05, 3.63) is 6.33 Å².